The van der Waals surface area contributed by atoms with Crippen LogP contribution in [0.3, 0.4) is 0 Å². The zero-order valence-corrected chi connectivity index (χ0v) is 18.9. The summed E-state index contributed by atoms with van der Waals surface area (Å²) in [5.74, 6) is 0.732. The van der Waals surface area contributed by atoms with Crippen LogP contribution in [0.5, 0.6) is 11.5 Å². The van der Waals surface area contributed by atoms with Crippen molar-refractivity contribution in [2.75, 3.05) is 37.9 Å². The molecular formula is C22H25Cl2N3O4. The highest BCUT2D eigenvalue weighted by atomic mass is 35.5. The second-order valence-corrected chi connectivity index (χ2v) is 8.03. The van der Waals surface area contributed by atoms with Gasteiger partial charge in [-0.05, 0) is 49.7 Å². The van der Waals surface area contributed by atoms with Crippen LogP contribution in [-0.4, -0.2) is 50.1 Å². The van der Waals surface area contributed by atoms with E-state index in [1.807, 2.05) is 4.90 Å². The first-order valence-electron chi connectivity index (χ1n) is 9.93. The predicted octanol–water partition coefficient (Wildman–Crippen LogP) is 4.44. The second-order valence-electron chi connectivity index (χ2n) is 7.21. The highest BCUT2D eigenvalue weighted by Crippen LogP contribution is 2.29. The molecule has 3 rings (SSSR count). The molecule has 0 bridgehead atoms. The number of anilines is 2. The van der Waals surface area contributed by atoms with E-state index >= 15 is 0 Å². The first-order valence-corrected chi connectivity index (χ1v) is 10.7. The summed E-state index contributed by atoms with van der Waals surface area (Å²) in [6, 6.07) is 9.69. The summed E-state index contributed by atoms with van der Waals surface area (Å²) in [7, 11) is 3.09. The number of hydrogen-bond acceptors (Lipinski definition) is 5. The minimum atomic E-state index is -0.410. The Bertz CT molecular complexity index is 954. The number of amides is 2. The van der Waals surface area contributed by atoms with Gasteiger partial charge in [-0.15, -0.1) is 0 Å². The molecule has 1 atom stereocenters. The van der Waals surface area contributed by atoms with Crippen LogP contribution in [0.4, 0.5) is 11.4 Å². The zero-order chi connectivity index (χ0) is 22.4. The van der Waals surface area contributed by atoms with Crippen LogP contribution in [0.2, 0.25) is 10.0 Å². The number of piperidine rings is 1. The number of methoxy groups -OCH3 is 2. The number of ether oxygens (including phenoxy) is 2. The highest BCUT2D eigenvalue weighted by Gasteiger charge is 2.30. The summed E-state index contributed by atoms with van der Waals surface area (Å²) in [6.45, 7) is 0.751. The molecule has 0 aliphatic carbocycles. The minimum Gasteiger partial charge on any atom is -0.497 e. The van der Waals surface area contributed by atoms with Gasteiger partial charge in [0.2, 0.25) is 11.8 Å². The lowest BCUT2D eigenvalue weighted by atomic mass is 10.0. The van der Waals surface area contributed by atoms with Crippen molar-refractivity contribution < 1.29 is 19.1 Å². The van der Waals surface area contributed by atoms with Crippen LogP contribution in [0.25, 0.3) is 0 Å². The normalized spacial score (nSPS) is 16.5. The third-order valence-electron chi connectivity index (χ3n) is 5.13. The second kappa shape index (κ2) is 10.7. The van der Waals surface area contributed by atoms with Crippen molar-refractivity contribution in [1.29, 1.82) is 0 Å². The maximum atomic E-state index is 12.9. The summed E-state index contributed by atoms with van der Waals surface area (Å²) in [4.78, 5) is 27.5. The fraction of sp³-hybridized carbons (Fsp3) is 0.364. The summed E-state index contributed by atoms with van der Waals surface area (Å²) in [6.07, 6.45) is 2.52. The van der Waals surface area contributed by atoms with Crippen LogP contribution in [-0.2, 0) is 9.59 Å². The third kappa shape index (κ3) is 6.03. The fourth-order valence-corrected chi connectivity index (χ4v) is 3.85. The number of halogens is 2. The summed E-state index contributed by atoms with van der Waals surface area (Å²) in [5.41, 5.74) is 1.11. The van der Waals surface area contributed by atoms with E-state index in [-0.39, 0.29) is 18.4 Å². The fourth-order valence-electron chi connectivity index (χ4n) is 3.55. The zero-order valence-electron chi connectivity index (χ0n) is 17.4. The molecule has 1 saturated heterocycles. The maximum absolute atomic E-state index is 12.9. The first kappa shape index (κ1) is 23.2. The molecule has 1 aliphatic heterocycles. The molecule has 0 radical (unpaired) electrons. The number of rotatable bonds is 7. The Morgan fingerprint density at radius 2 is 1.84 bits per heavy atom. The Morgan fingerprint density at radius 3 is 2.55 bits per heavy atom. The van der Waals surface area contributed by atoms with Crippen molar-refractivity contribution in [2.45, 2.75) is 25.3 Å². The van der Waals surface area contributed by atoms with Crippen molar-refractivity contribution in [2.24, 2.45) is 0 Å². The van der Waals surface area contributed by atoms with Gasteiger partial charge in [-0.1, -0.05) is 29.6 Å². The smallest absolute Gasteiger partial charge is 0.241 e. The van der Waals surface area contributed by atoms with Crippen molar-refractivity contribution >= 4 is 46.4 Å². The van der Waals surface area contributed by atoms with Gasteiger partial charge in [-0.3, -0.25) is 14.5 Å². The monoisotopic (exact) mass is 465 g/mol. The Kier molecular flexibility index (Phi) is 8.01. The van der Waals surface area contributed by atoms with Gasteiger partial charge in [0.15, 0.2) is 0 Å². The number of likely N-dealkylation sites (tertiary alicyclic amines) is 1. The topological polar surface area (TPSA) is 79.9 Å². The van der Waals surface area contributed by atoms with Gasteiger partial charge in [-0.25, -0.2) is 0 Å². The largest absolute Gasteiger partial charge is 0.497 e. The molecule has 9 heteroatoms. The lowest BCUT2D eigenvalue weighted by Gasteiger charge is -2.34. The van der Waals surface area contributed by atoms with Crippen LogP contribution in [0.15, 0.2) is 36.4 Å². The molecule has 31 heavy (non-hydrogen) atoms. The Balaban J connectivity index is 1.65. The van der Waals surface area contributed by atoms with Gasteiger partial charge in [0, 0.05) is 11.8 Å². The van der Waals surface area contributed by atoms with Gasteiger partial charge in [-0.2, -0.15) is 0 Å². The number of hydrogen-bond donors (Lipinski definition) is 2. The van der Waals surface area contributed by atoms with Gasteiger partial charge in [0.25, 0.3) is 0 Å². The molecule has 1 heterocycles. The maximum Gasteiger partial charge on any atom is 0.241 e. The van der Waals surface area contributed by atoms with Gasteiger partial charge < -0.3 is 20.1 Å². The highest BCUT2D eigenvalue weighted by molar-refractivity contribution is 6.42. The predicted molar refractivity (Wildman–Crippen MR) is 122 cm³/mol. The summed E-state index contributed by atoms with van der Waals surface area (Å²) < 4.78 is 10.5. The van der Waals surface area contributed by atoms with E-state index < -0.39 is 6.04 Å². The van der Waals surface area contributed by atoms with Crippen LogP contribution in [0.1, 0.15) is 19.3 Å². The van der Waals surface area contributed by atoms with Crippen molar-refractivity contribution in [3.05, 3.63) is 46.4 Å². The lowest BCUT2D eigenvalue weighted by Crippen LogP contribution is -2.49. The van der Waals surface area contributed by atoms with Crippen LogP contribution < -0.4 is 20.1 Å². The van der Waals surface area contributed by atoms with E-state index in [0.29, 0.717) is 45.9 Å². The van der Waals surface area contributed by atoms with Gasteiger partial charge in [0.05, 0.1) is 42.5 Å². The van der Waals surface area contributed by atoms with E-state index in [2.05, 4.69) is 10.6 Å². The molecule has 1 fully saturated rings. The standard InChI is InChI=1S/C22H25Cl2N3O4/c1-30-15-7-9-18(20(12-15)31-2)26-21(28)13-27-10-4-3-5-19(27)22(29)25-14-6-8-16(23)17(24)11-14/h6-9,11-12,19H,3-5,10,13H2,1-2H3,(H,25,29)(H,26,28). The van der Waals surface area contributed by atoms with E-state index in [4.69, 9.17) is 32.7 Å². The minimum absolute atomic E-state index is 0.0919. The van der Waals surface area contributed by atoms with Gasteiger partial charge >= 0.3 is 0 Å². The van der Waals surface area contributed by atoms with Crippen molar-refractivity contribution in [1.82, 2.24) is 4.90 Å². The number of carbonyl (C=O) groups is 2. The molecule has 2 aromatic rings. The molecule has 166 valence electrons. The molecule has 0 spiro atoms. The summed E-state index contributed by atoms with van der Waals surface area (Å²) >= 11 is 12.0. The number of nitrogens with one attached hydrogen (secondary N) is 2. The van der Waals surface area contributed by atoms with E-state index in [0.717, 1.165) is 12.8 Å². The van der Waals surface area contributed by atoms with E-state index in [1.54, 1.807) is 43.5 Å². The van der Waals surface area contributed by atoms with Crippen LogP contribution >= 0.6 is 23.2 Å². The molecule has 1 unspecified atom stereocenters. The number of carbonyl (C=O) groups excluding carboxylic acids is 2. The molecule has 0 saturated carbocycles. The average Bonchev–Trinajstić information content (AvgIpc) is 2.76. The molecule has 7 nitrogen and oxygen atoms in total. The van der Waals surface area contributed by atoms with Gasteiger partial charge in [0.1, 0.15) is 11.5 Å². The Morgan fingerprint density at radius 1 is 1.03 bits per heavy atom. The van der Waals surface area contributed by atoms with Crippen molar-refractivity contribution in [3.63, 3.8) is 0 Å². The quantitative estimate of drug-likeness (QED) is 0.631. The molecule has 2 aromatic carbocycles. The third-order valence-corrected chi connectivity index (χ3v) is 5.87. The molecule has 1 aliphatic rings. The van der Waals surface area contributed by atoms with E-state index in [9.17, 15) is 9.59 Å². The molecule has 0 aromatic heterocycles. The van der Waals surface area contributed by atoms with Crippen LogP contribution in [0, 0.1) is 0 Å². The lowest BCUT2D eigenvalue weighted by molar-refractivity contribution is -0.124. The SMILES string of the molecule is COc1ccc(NC(=O)CN2CCCCC2C(=O)Nc2ccc(Cl)c(Cl)c2)c(OC)c1. The molecular weight excluding hydrogens is 441 g/mol. The molecule has 2 N–H and O–H groups in total. The average molecular weight is 466 g/mol. The number of nitrogens with zero attached hydrogens (tertiary/aromatic N) is 1. The number of benzene rings is 2. The molecule has 2 amide bonds. The van der Waals surface area contributed by atoms with Crippen molar-refractivity contribution in [3.8, 4) is 11.5 Å². The van der Waals surface area contributed by atoms with E-state index in [1.165, 1.54) is 7.11 Å². The Labute approximate surface area is 191 Å². The Hall–Kier alpha value is -2.48. The summed E-state index contributed by atoms with van der Waals surface area (Å²) in [5, 5.41) is 6.52. The first-order chi connectivity index (χ1) is 14.9.